The zero-order valence-corrected chi connectivity index (χ0v) is 14.6. The first-order chi connectivity index (χ1) is 11.5. The molecule has 0 bridgehead atoms. The molecule has 130 valence electrons. The number of fused-ring (bicyclic) bond motifs is 1. The van der Waals surface area contributed by atoms with Gasteiger partial charge in [-0.25, -0.2) is 0 Å². The van der Waals surface area contributed by atoms with Crippen molar-refractivity contribution < 1.29 is 14.1 Å². The van der Waals surface area contributed by atoms with E-state index in [1.165, 1.54) is 6.42 Å². The van der Waals surface area contributed by atoms with Gasteiger partial charge in [0.25, 0.3) is 0 Å². The number of likely N-dealkylation sites (tertiary alicyclic amines) is 1. The van der Waals surface area contributed by atoms with Crippen molar-refractivity contribution in [3.63, 3.8) is 0 Å². The summed E-state index contributed by atoms with van der Waals surface area (Å²) in [6, 6.07) is 5.47. The zero-order chi connectivity index (χ0) is 17.2. The first-order valence-corrected chi connectivity index (χ1v) is 8.38. The average molecular weight is 331 g/mol. The van der Waals surface area contributed by atoms with E-state index in [2.05, 4.69) is 29.2 Å². The number of carbonyl (C=O) groups excluding carboxylic acids is 1. The Hall–Kier alpha value is -2.08. The highest BCUT2D eigenvalue weighted by Gasteiger charge is 2.28. The summed E-state index contributed by atoms with van der Waals surface area (Å²) in [4.78, 5) is 14.6. The molecule has 0 spiro atoms. The minimum atomic E-state index is -0.0357. The number of hydrogen-bond acceptors (Lipinski definition) is 5. The van der Waals surface area contributed by atoms with Crippen molar-refractivity contribution in [1.82, 2.24) is 15.4 Å². The van der Waals surface area contributed by atoms with Crippen LogP contribution in [0.5, 0.6) is 5.75 Å². The number of benzene rings is 1. The van der Waals surface area contributed by atoms with Gasteiger partial charge in [-0.15, -0.1) is 0 Å². The highest BCUT2D eigenvalue weighted by Crippen LogP contribution is 2.28. The maximum Gasteiger partial charge on any atom is 0.226 e. The highest BCUT2D eigenvalue weighted by atomic mass is 16.5. The predicted octanol–water partition coefficient (Wildman–Crippen LogP) is 2.23. The molecule has 3 rings (SSSR count). The number of carbonyl (C=O) groups is 1. The van der Waals surface area contributed by atoms with Crippen molar-refractivity contribution in [3.05, 3.63) is 23.9 Å². The van der Waals surface area contributed by atoms with Crippen LogP contribution in [0, 0.1) is 5.41 Å². The third kappa shape index (κ3) is 3.87. The van der Waals surface area contributed by atoms with Crippen LogP contribution in [0.25, 0.3) is 11.0 Å². The topological polar surface area (TPSA) is 67.6 Å². The second kappa shape index (κ2) is 6.81. The minimum Gasteiger partial charge on any atom is -0.497 e. The van der Waals surface area contributed by atoms with Crippen LogP contribution in [0.15, 0.2) is 22.7 Å². The molecular weight excluding hydrogens is 306 g/mol. The smallest absolute Gasteiger partial charge is 0.226 e. The molecule has 1 aliphatic rings. The largest absolute Gasteiger partial charge is 0.497 e. The predicted molar refractivity (Wildman–Crippen MR) is 92.1 cm³/mol. The molecule has 0 saturated carbocycles. The fourth-order valence-electron chi connectivity index (χ4n) is 3.21. The van der Waals surface area contributed by atoms with Crippen molar-refractivity contribution in [2.45, 2.75) is 26.7 Å². The number of nitrogens with zero attached hydrogens (tertiary/aromatic N) is 2. The molecule has 1 N–H and O–H groups in total. The van der Waals surface area contributed by atoms with E-state index < -0.39 is 0 Å². The molecule has 1 aromatic carbocycles. The Kier molecular flexibility index (Phi) is 4.76. The normalized spacial score (nSPS) is 17.3. The first-order valence-electron chi connectivity index (χ1n) is 8.38. The van der Waals surface area contributed by atoms with Crippen molar-refractivity contribution in [2.75, 3.05) is 33.3 Å². The van der Waals surface area contributed by atoms with E-state index in [1.807, 2.05) is 12.1 Å². The quantitative estimate of drug-likeness (QED) is 0.879. The van der Waals surface area contributed by atoms with Gasteiger partial charge >= 0.3 is 0 Å². The third-order valence-electron chi connectivity index (χ3n) is 4.59. The second-order valence-electron chi connectivity index (χ2n) is 7.21. The molecule has 0 atom stereocenters. The van der Waals surface area contributed by atoms with E-state index in [9.17, 15) is 4.79 Å². The lowest BCUT2D eigenvalue weighted by atomic mass is 9.93. The molecule has 2 aromatic rings. The third-order valence-corrected chi connectivity index (χ3v) is 4.59. The Morgan fingerprint density at radius 3 is 3.00 bits per heavy atom. The fourth-order valence-corrected chi connectivity index (χ4v) is 3.21. The van der Waals surface area contributed by atoms with Gasteiger partial charge < -0.3 is 19.5 Å². The van der Waals surface area contributed by atoms with Crippen LogP contribution in [0.3, 0.4) is 0 Å². The molecule has 1 aromatic heterocycles. The highest BCUT2D eigenvalue weighted by molar-refractivity contribution is 5.87. The molecule has 2 heterocycles. The van der Waals surface area contributed by atoms with Gasteiger partial charge in [-0.2, -0.15) is 0 Å². The Morgan fingerprint density at radius 1 is 1.46 bits per heavy atom. The molecule has 0 radical (unpaired) electrons. The van der Waals surface area contributed by atoms with E-state index in [0.29, 0.717) is 23.2 Å². The summed E-state index contributed by atoms with van der Waals surface area (Å²) in [5.74, 6) is 0.690. The summed E-state index contributed by atoms with van der Waals surface area (Å²) in [6.07, 6.45) is 1.43. The SMILES string of the molecule is COc1ccc2onc(CC(=O)NCCN3CCC(C)(C)C3)c2c1. The molecule has 1 aliphatic heterocycles. The summed E-state index contributed by atoms with van der Waals surface area (Å²) in [5, 5.41) is 7.81. The molecule has 0 aliphatic carbocycles. The van der Waals surface area contributed by atoms with Gasteiger partial charge in [0.15, 0.2) is 5.58 Å². The molecular formula is C18H25N3O3. The van der Waals surface area contributed by atoms with E-state index in [0.717, 1.165) is 30.8 Å². The van der Waals surface area contributed by atoms with Crippen LogP contribution in [-0.2, 0) is 11.2 Å². The van der Waals surface area contributed by atoms with Crippen LogP contribution in [0.4, 0.5) is 0 Å². The number of aromatic nitrogens is 1. The van der Waals surface area contributed by atoms with Gasteiger partial charge in [0.1, 0.15) is 11.4 Å². The van der Waals surface area contributed by atoms with Crippen molar-refractivity contribution >= 4 is 16.9 Å². The van der Waals surface area contributed by atoms with E-state index >= 15 is 0 Å². The number of methoxy groups -OCH3 is 1. The molecule has 1 amide bonds. The van der Waals surface area contributed by atoms with Crippen molar-refractivity contribution in [3.8, 4) is 5.75 Å². The van der Waals surface area contributed by atoms with E-state index in [4.69, 9.17) is 9.26 Å². The summed E-state index contributed by atoms with van der Waals surface area (Å²) < 4.78 is 10.5. The molecule has 6 nitrogen and oxygen atoms in total. The summed E-state index contributed by atoms with van der Waals surface area (Å²) >= 11 is 0. The lowest BCUT2D eigenvalue weighted by Gasteiger charge is -2.19. The second-order valence-corrected chi connectivity index (χ2v) is 7.21. The molecule has 6 heteroatoms. The van der Waals surface area contributed by atoms with Gasteiger partial charge in [0.2, 0.25) is 5.91 Å². The van der Waals surface area contributed by atoms with Crippen LogP contribution in [0.2, 0.25) is 0 Å². The summed E-state index contributed by atoms with van der Waals surface area (Å²) in [5.41, 5.74) is 1.70. The van der Waals surface area contributed by atoms with Crippen molar-refractivity contribution in [2.24, 2.45) is 5.41 Å². The molecule has 0 unspecified atom stereocenters. The Bertz CT molecular complexity index is 723. The van der Waals surface area contributed by atoms with Gasteiger partial charge in [0.05, 0.1) is 13.5 Å². The Balaban J connectivity index is 1.52. The van der Waals surface area contributed by atoms with Gasteiger partial charge in [0, 0.05) is 25.0 Å². The Labute approximate surface area is 142 Å². The minimum absolute atomic E-state index is 0.0357. The van der Waals surface area contributed by atoms with Crippen LogP contribution < -0.4 is 10.1 Å². The zero-order valence-electron chi connectivity index (χ0n) is 14.6. The van der Waals surface area contributed by atoms with Crippen LogP contribution in [-0.4, -0.2) is 49.3 Å². The maximum atomic E-state index is 12.2. The molecule has 1 fully saturated rings. The van der Waals surface area contributed by atoms with Crippen molar-refractivity contribution in [1.29, 1.82) is 0 Å². The molecule has 1 saturated heterocycles. The van der Waals surface area contributed by atoms with Gasteiger partial charge in [-0.3, -0.25) is 4.79 Å². The lowest BCUT2D eigenvalue weighted by molar-refractivity contribution is -0.120. The van der Waals surface area contributed by atoms with Gasteiger partial charge in [-0.05, 0) is 36.6 Å². The Morgan fingerprint density at radius 2 is 2.29 bits per heavy atom. The van der Waals surface area contributed by atoms with E-state index in [-0.39, 0.29) is 12.3 Å². The lowest BCUT2D eigenvalue weighted by Crippen LogP contribution is -2.35. The summed E-state index contributed by atoms with van der Waals surface area (Å²) in [6.45, 7) is 8.33. The molecule has 24 heavy (non-hydrogen) atoms. The van der Waals surface area contributed by atoms with Gasteiger partial charge in [-0.1, -0.05) is 19.0 Å². The number of rotatable bonds is 6. The number of amides is 1. The average Bonchev–Trinajstić information content (AvgIpc) is 3.10. The number of nitrogens with one attached hydrogen (secondary N) is 1. The van der Waals surface area contributed by atoms with Crippen LogP contribution >= 0.6 is 0 Å². The standard InChI is InChI=1S/C18H25N3O3/c1-18(2)6-8-21(12-18)9-7-19-17(22)11-15-14-10-13(23-3)4-5-16(14)24-20-15/h4-5,10H,6-9,11-12H2,1-3H3,(H,19,22). The van der Waals surface area contributed by atoms with Crippen LogP contribution in [0.1, 0.15) is 26.0 Å². The number of ether oxygens (including phenoxy) is 1. The monoisotopic (exact) mass is 331 g/mol. The summed E-state index contributed by atoms with van der Waals surface area (Å²) in [7, 11) is 1.61. The number of hydrogen-bond donors (Lipinski definition) is 1. The maximum absolute atomic E-state index is 12.2. The van der Waals surface area contributed by atoms with E-state index in [1.54, 1.807) is 13.2 Å². The fraction of sp³-hybridized carbons (Fsp3) is 0.556. The first kappa shape index (κ1) is 16.8.